The Hall–Kier alpha value is -4.73. The average molecular weight is 524 g/mol. The third-order valence-electron chi connectivity index (χ3n) is 6.55. The van der Waals surface area contributed by atoms with E-state index >= 15 is 0 Å². The molecule has 3 heterocycles. The highest BCUT2D eigenvalue weighted by atomic mass is 16.2. The number of hydrogen-bond acceptors (Lipinski definition) is 6. The van der Waals surface area contributed by atoms with Gasteiger partial charge in [0.15, 0.2) is 17.0 Å². The fourth-order valence-corrected chi connectivity index (χ4v) is 4.33. The number of anilines is 3. The smallest absolute Gasteiger partial charge is 0.324 e. The quantitative estimate of drug-likeness (QED) is 0.261. The molecule has 0 saturated heterocycles. The van der Waals surface area contributed by atoms with Gasteiger partial charge in [-0.1, -0.05) is 46.8 Å². The van der Waals surface area contributed by atoms with Crippen molar-refractivity contribution in [1.29, 1.82) is 0 Å². The Morgan fingerprint density at radius 3 is 2.26 bits per heavy atom. The average Bonchev–Trinajstić information content (AvgIpc) is 3.46. The molecule has 0 aliphatic rings. The van der Waals surface area contributed by atoms with Gasteiger partial charge in [0.25, 0.3) is 0 Å². The summed E-state index contributed by atoms with van der Waals surface area (Å²) in [5.41, 5.74) is 11.4. The van der Waals surface area contributed by atoms with Crippen LogP contribution in [0.25, 0.3) is 22.5 Å². The molecular formula is C29H33N9O. The molecule has 0 radical (unpaired) electrons. The van der Waals surface area contributed by atoms with Crippen LogP contribution in [0.2, 0.25) is 0 Å². The Balaban J connectivity index is 1.37. The summed E-state index contributed by atoms with van der Waals surface area (Å²) in [5, 5.41) is 10.7. The van der Waals surface area contributed by atoms with Crippen LogP contribution in [-0.2, 0) is 5.41 Å². The van der Waals surface area contributed by atoms with Gasteiger partial charge in [-0.15, -0.1) is 0 Å². The highest BCUT2D eigenvalue weighted by Crippen LogP contribution is 2.28. The molecule has 2 aromatic carbocycles. The molecule has 5 rings (SSSR count). The van der Waals surface area contributed by atoms with Crippen LogP contribution in [0.4, 0.5) is 22.1 Å². The van der Waals surface area contributed by atoms with Crippen molar-refractivity contribution in [1.82, 2.24) is 29.3 Å². The van der Waals surface area contributed by atoms with E-state index in [0.29, 0.717) is 34.4 Å². The Bertz CT molecular complexity index is 1640. The number of amides is 2. The summed E-state index contributed by atoms with van der Waals surface area (Å²) >= 11 is 0. The molecule has 0 aliphatic carbocycles. The molecule has 39 heavy (non-hydrogen) atoms. The predicted molar refractivity (Wildman–Crippen MR) is 155 cm³/mol. The van der Waals surface area contributed by atoms with Gasteiger partial charge in [0.2, 0.25) is 0 Å². The maximum Gasteiger partial charge on any atom is 0.324 e. The Morgan fingerprint density at radius 2 is 1.62 bits per heavy atom. The number of nitrogens with zero attached hydrogens (tertiary/aromatic N) is 6. The third-order valence-corrected chi connectivity index (χ3v) is 6.55. The summed E-state index contributed by atoms with van der Waals surface area (Å²) in [4.78, 5) is 25.9. The molecule has 4 N–H and O–H groups in total. The Kier molecular flexibility index (Phi) is 6.55. The van der Waals surface area contributed by atoms with E-state index in [1.54, 1.807) is 4.68 Å². The van der Waals surface area contributed by atoms with E-state index in [-0.39, 0.29) is 11.4 Å². The van der Waals surface area contributed by atoms with Crippen LogP contribution >= 0.6 is 0 Å². The van der Waals surface area contributed by atoms with Crippen LogP contribution in [0.5, 0.6) is 0 Å². The van der Waals surface area contributed by atoms with Crippen LogP contribution in [0.1, 0.15) is 57.6 Å². The van der Waals surface area contributed by atoms with E-state index < -0.39 is 0 Å². The highest BCUT2D eigenvalue weighted by Gasteiger charge is 2.22. The lowest BCUT2D eigenvalue weighted by molar-refractivity contribution is 0.262. The van der Waals surface area contributed by atoms with Crippen molar-refractivity contribution in [3.63, 3.8) is 0 Å². The van der Waals surface area contributed by atoms with Crippen LogP contribution in [-0.4, -0.2) is 35.3 Å². The molecule has 0 spiro atoms. The summed E-state index contributed by atoms with van der Waals surface area (Å²) in [6.45, 7) is 12.5. The van der Waals surface area contributed by atoms with Gasteiger partial charge in [0, 0.05) is 22.9 Å². The van der Waals surface area contributed by atoms with Gasteiger partial charge in [0.05, 0.1) is 11.4 Å². The van der Waals surface area contributed by atoms with Crippen LogP contribution < -0.4 is 16.4 Å². The SMILES string of the molecule is Cc1nc2c(N)ncnc2n1-c1ccc(NC(=O)Nc2cc(C(C)(C)C)nn2-c2ccc(C(C)C)cc2)cc1. The number of carbonyl (C=O) groups is 1. The maximum absolute atomic E-state index is 13.0. The van der Waals surface area contributed by atoms with Crippen molar-refractivity contribution in [2.24, 2.45) is 0 Å². The number of benzene rings is 2. The van der Waals surface area contributed by atoms with Crippen LogP contribution in [0.3, 0.4) is 0 Å². The number of carbonyl (C=O) groups excluding carboxylic acids is 1. The second kappa shape index (κ2) is 9.86. The first-order chi connectivity index (χ1) is 18.5. The predicted octanol–water partition coefficient (Wildman–Crippen LogP) is 5.96. The lowest BCUT2D eigenvalue weighted by Crippen LogP contribution is -2.21. The minimum atomic E-state index is -0.368. The molecule has 10 nitrogen and oxygen atoms in total. The summed E-state index contributed by atoms with van der Waals surface area (Å²) in [7, 11) is 0. The number of rotatable bonds is 5. The minimum absolute atomic E-state index is 0.183. The van der Waals surface area contributed by atoms with E-state index in [1.807, 2.05) is 54.0 Å². The fourth-order valence-electron chi connectivity index (χ4n) is 4.33. The third kappa shape index (κ3) is 5.18. The Morgan fingerprint density at radius 1 is 0.949 bits per heavy atom. The second-order valence-electron chi connectivity index (χ2n) is 10.9. The van der Waals surface area contributed by atoms with Crippen molar-refractivity contribution in [2.75, 3.05) is 16.4 Å². The molecular weight excluding hydrogens is 490 g/mol. The molecule has 0 atom stereocenters. The first kappa shape index (κ1) is 25.9. The van der Waals surface area contributed by atoms with E-state index in [0.717, 1.165) is 22.9 Å². The van der Waals surface area contributed by atoms with Gasteiger partial charge in [-0.3, -0.25) is 9.88 Å². The number of aryl methyl sites for hydroxylation is 1. The number of aromatic nitrogens is 6. The molecule has 200 valence electrons. The van der Waals surface area contributed by atoms with Crippen molar-refractivity contribution < 1.29 is 4.79 Å². The van der Waals surface area contributed by atoms with E-state index in [1.165, 1.54) is 11.9 Å². The van der Waals surface area contributed by atoms with Crippen LogP contribution in [0, 0.1) is 6.92 Å². The molecule has 2 amide bonds. The van der Waals surface area contributed by atoms with Crippen molar-refractivity contribution in [3.05, 3.63) is 78.0 Å². The van der Waals surface area contributed by atoms with Gasteiger partial charge in [0.1, 0.15) is 18.0 Å². The molecule has 3 aromatic heterocycles. The van der Waals surface area contributed by atoms with Gasteiger partial charge < -0.3 is 11.1 Å². The fraction of sp³-hybridized carbons (Fsp3) is 0.276. The Labute approximate surface area is 227 Å². The maximum atomic E-state index is 13.0. The van der Waals surface area contributed by atoms with Crippen molar-refractivity contribution >= 4 is 34.5 Å². The molecule has 0 saturated carbocycles. The standard InChI is InChI=1S/C29H33N9O/c1-17(2)19-7-11-22(12-8-19)38-24(15-23(36-38)29(4,5)6)35-28(39)34-20-9-13-21(14-10-20)37-18(3)33-25-26(30)31-16-32-27(25)37/h7-17H,1-6H3,(H2,30,31,32)(H2,34,35,39). The number of hydrogen-bond donors (Lipinski definition) is 3. The van der Waals surface area contributed by atoms with Crippen molar-refractivity contribution in [3.8, 4) is 11.4 Å². The highest BCUT2D eigenvalue weighted by molar-refractivity contribution is 5.99. The minimum Gasteiger partial charge on any atom is -0.382 e. The second-order valence-corrected chi connectivity index (χ2v) is 10.9. The van der Waals surface area contributed by atoms with Gasteiger partial charge in [-0.25, -0.2) is 24.4 Å². The normalized spacial score (nSPS) is 11.8. The topological polar surface area (TPSA) is 129 Å². The molecule has 5 aromatic rings. The van der Waals surface area contributed by atoms with Crippen molar-refractivity contribution in [2.45, 2.75) is 52.9 Å². The summed E-state index contributed by atoms with van der Waals surface area (Å²) in [6, 6.07) is 17.2. The van der Waals surface area contributed by atoms with E-state index in [9.17, 15) is 4.79 Å². The molecule has 0 fully saturated rings. The largest absolute Gasteiger partial charge is 0.382 e. The summed E-state index contributed by atoms with van der Waals surface area (Å²) < 4.78 is 3.67. The lowest BCUT2D eigenvalue weighted by atomic mass is 9.92. The number of nitrogens with one attached hydrogen (secondary N) is 2. The van der Waals surface area contributed by atoms with Crippen LogP contribution in [0.15, 0.2) is 60.9 Å². The van der Waals surface area contributed by atoms with Gasteiger partial charge in [-0.2, -0.15) is 5.10 Å². The molecule has 0 unspecified atom stereocenters. The number of imidazole rings is 1. The number of nitrogen functional groups attached to an aromatic ring is 1. The van der Waals surface area contributed by atoms with Gasteiger partial charge in [-0.05, 0) is 54.8 Å². The van der Waals surface area contributed by atoms with E-state index in [4.69, 9.17) is 10.8 Å². The number of fused-ring (bicyclic) bond motifs is 1. The summed E-state index contributed by atoms with van der Waals surface area (Å²) in [5.74, 6) is 2.09. The molecule has 0 aliphatic heterocycles. The molecule has 0 bridgehead atoms. The zero-order valence-corrected chi connectivity index (χ0v) is 23.0. The zero-order valence-electron chi connectivity index (χ0n) is 23.0. The summed E-state index contributed by atoms with van der Waals surface area (Å²) in [6.07, 6.45) is 1.42. The number of nitrogens with two attached hydrogens (primary N) is 1. The monoisotopic (exact) mass is 523 g/mol. The molecule has 10 heteroatoms. The number of urea groups is 1. The van der Waals surface area contributed by atoms with Gasteiger partial charge >= 0.3 is 6.03 Å². The first-order valence-corrected chi connectivity index (χ1v) is 12.9. The lowest BCUT2D eigenvalue weighted by Gasteiger charge is -2.14. The van der Waals surface area contributed by atoms with E-state index in [2.05, 4.69) is 72.3 Å². The zero-order chi connectivity index (χ0) is 27.9. The first-order valence-electron chi connectivity index (χ1n) is 12.9.